The maximum atomic E-state index is 11.3. The molecule has 0 fully saturated rings. The summed E-state index contributed by atoms with van der Waals surface area (Å²) in [5, 5.41) is 5.98. The first-order chi connectivity index (χ1) is 6.70. The van der Waals surface area contributed by atoms with Crippen molar-refractivity contribution in [1.82, 2.24) is 10.6 Å². The molecule has 0 heterocycles. The molecule has 3 heteroatoms. The fraction of sp³-hybridized carbons (Fsp3) is 0.909. The number of hydrogen-bond acceptors (Lipinski definition) is 2. The van der Waals surface area contributed by atoms with Gasteiger partial charge in [-0.1, -0.05) is 33.1 Å². The van der Waals surface area contributed by atoms with Crippen molar-refractivity contribution in [2.24, 2.45) is 0 Å². The number of hydrogen-bond donors (Lipinski definition) is 2. The molecular formula is C11H24N2O. The zero-order valence-electron chi connectivity index (χ0n) is 9.73. The van der Waals surface area contributed by atoms with Crippen LogP contribution in [0.5, 0.6) is 0 Å². The van der Waals surface area contributed by atoms with Gasteiger partial charge in [-0.15, -0.1) is 0 Å². The van der Waals surface area contributed by atoms with Crippen molar-refractivity contribution in [3.63, 3.8) is 0 Å². The Balaban J connectivity index is 3.40. The van der Waals surface area contributed by atoms with Gasteiger partial charge in [0, 0.05) is 6.04 Å². The largest absolute Gasteiger partial charge is 0.353 e. The molecule has 0 aromatic carbocycles. The second-order valence-corrected chi connectivity index (χ2v) is 3.74. The summed E-state index contributed by atoms with van der Waals surface area (Å²) in [5.41, 5.74) is 0. The van der Waals surface area contributed by atoms with Gasteiger partial charge in [-0.2, -0.15) is 0 Å². The number of nitrogens with one attached hydrogen (secondary N) is 2. The molecule has 14 heavy (non-hydrogen) atoms. The summed E-state index contributed by atoms with van der Waals surface area (Å²) in [6.45, 7) is 7.54. The standard InChI is InChI=1S/C11H24N2O/c1-4-6-7-8-10(3)13-11(14)9-12-5-2/h10,12H,4-9H2,1-3H3,(H,13,14). The van der Waals surface area contributed by atoms with Crippen molar-refractivity contribution in [3.8, 4) is 0 Å². The van der Waals surface area contributed by atoms with E-state index in [0.717, 1.165) is 13.0 Å². The minimum Gasteiger partial charge on any atom is -0.353 e. The van der Waals surface area contributed by atoms with E-state index in [4.69, 9.17) is 0 Å². The first-order valence-electron chi connectivity index (χ1n) is 5.70. The highest BCUT2D eigenvalue weighted by Crippen LogP contribution is 2.02. The van der Waals surface area contributed by atoms with Gasteiger partial charge in [-0.05, 0) is 19.9 Å². The maximum absolute atomic E-state index is 11.3. The van der Waals surface area contributed by atoms with Gasteiger partial charge in [-0.25, -0.2) is 0 Å². The zero-order valence-corrected chi connectivity index (χ0v) is 9.73. The molecule has 0 spiro atoms. The SMILES string of the molecule is CCCCCC(C)NC(=O)CNCC. The van der Waals surface area contributed by atoms with Gasteiger partial charge in [0.25, 0.3) is 0 Å². The van der Waals surface area contributed by atoms with Crippen molar-refractivity contribution in [1.29, 1.82) is 0 Å². The molecular weight excluding hydrogens is 176 g/mol. The molecule has 84 valence electrons. The Kier molecular flexibility index (Phi) is 8.64. The van der Waals surface area contributed by atoms with Gasteiger partial charge in [-0.3, -0.25) is 4.79 Å². The third-order valence-electron chi connectivity index (χ3n) is 2.18. The number of carbonyl (C=O) groups is 1. The predicted molar refractivity (Wildman–Crippen MR) is 60.3 cm³/mol. The van der Waals surface area contributed by atoms with E-state index >= 15 is 0 Å². The topological polar surface area (TPSA) is 41.1 Å². The molecule has 3 nitrogen and oxygen atoms in total. The summed E-state index contributed by atoms with van der Waals surface area (Å²) in [6, 6.07) is 0.313. The lowest BCUT2D eigenvalue weighted by Crippen LogP contribution is -2.38. The van der Waals surface area contributed by atoms with Crippen LogP contribution in [0.1, 0.15) is 46.5 Å². The normalized spacial score (nSPS) is 12.5. The van der Waals surface area contributed by atoms with Crippen molar-refractivity contribution >= 4 is 5.91 Å². The number of carbonyl (C=O) groups excluding carboxylic acids is 1. The third kappa shape index (κ3) is 8.05. The lowest BCUT2D eigenvalue weighted by Gasteiger charge is -2.13. The van der Waals surface area contributed by atoms with Crippen molar-refractivity contribution in [3.05, 3.63) is 0 Å². The van der Waals surface area contributed by atoms with Crippen LogP contribution in [0.25, 0.3) is 0 Å². The van der Waals surface area contributed by atoms with Crippen LogP contribution < -0.4 is 10.6 Å². The van der Waals surface area contributed by atoms with Gasteiger partial charge in [0.2, 0.25) is 5.91 Å². The zero-order chi connectivity index (χ0) is 10.8. The van der Waals surface area contributed by atoms with Crippen LogP contribution in [0.15, 0.2) is 0 Å². The van der Waals surface area contributed by atoms with E-state index in [1.165, 1.54) is 19.3 Å². The average Bonchev–Trinajstić information content (AvgIpc) is 2.15. The smallest absolute Gasteiger partial charge is 0.234 e. The van der Waals surface area contributed by atoms with E-state index in [0.29, 0.717) is 12.6 Å². The minimum atomic E-state index is 0.107. The van der Waals surface area contributed by atoms with Crippen LogP contribution in [0, 0.1) is 0 Å². The molecule has 2 N–H and O–H groups in total. The van der Waals surface area contributed by atoms with Crippen molar-refractivity contribution < 1.29 is 4.79 Å². The second-order valence-electron chi connectivity index (χ2n) is 3.74. The van der Waals surface area contributed by atoms with Crippen LogP contribution in [0.3, 0.4) is 0 Å². The predicted octanol–water partition coefficient (Wildman–Crippen LogP) is 1.68. The van der Waals surface area contributed by atoms with Gasteiger partial charge in [0.15, 0.2) is 0 Å². The van der Waals surface area contributed by atoms with Crippen LogP contribution in [0.4, 0.5) is 0 Å². The summed E-state index contributed by atoms with van der Waals surface area (Å²) in [7, 11) is 0. The third-order valence-corrected chi connectivity index (χ3v) is 2.18. The fourth-order valence-electron chi connectivity index (χ4n) is 1.34. The van der Waals surface area contributed by atoms with E-state index in [1.807, 2.05) is 6.92 Å². The molecule has 0 aromatic heterocycles. The molecule has 0 aliphatic rings. The summed E-state index contributed by atoms with van der Waals surface area (Å²) >= 11 is 0. The Labute approximate surface area is 87.6 Å². The number of rotatable bonds is 8. The van der Waals surface area contributed by atoms with Gasteiger partial charge in [0.1, 0.15) is 0 Å². The van der Waals surface area contributed by atoms with Crippen LogP contribution in [0.2, 0.25) is 0 Å². The molecule has 1 unspecified atom stereocenters. The maximum Gasteiger partial charge on any atom is 0.234 e. The highest BCUT2D eigenvalue weighted by atomic mass is 16.1. The number of unbranched alkanes of at least 4 members (excludes halogenated alkanes) is 2. The molecule has 0 saturated heterocycles. The van der Waals surface area contributed by atoms with Crippen LogP contribution in [-0.4, -0.2) is 25.0 Å². The Bertz CT molecular complexity index is 148. The highest BCUT2D eigenvalue weighted by Gasteiger charge is 2.05. The minimum absolute atomic E-state index is 0.107. The van der Waals surface area contributed by atoms with Gasteiger partial charge >= 0.3 is 0 Å². The molecule has 0 saturated carbocycles. The number of likely N-dealkylation sites (N-methyl/N-ethyl adjacent to an activating group) is 1. The molecule has 0 aliphatic carbocycles. The Hall–Kier alpha value is -0.570. The molecule has 1 atom stereocenters. The van der Waals surface area contributed by atoms with E-state index in [1.54, 1.807) is 0 Å². The monoisotopic (exact) mass is 200 g/mol. The Morgan fingerprint density at radius 1 is 1.29 bits per heavy atom. The van der Waals surface area contributed by atoms with E-state index in [2.05, 4.69) is 24.5 Å². The number of amides is 1. The van der Waals surface area contributed by atoms with Crippen LogP contribution in [-0.2, 0) is 4.79 Å². The van der Waals surface area contributed by atoms with E-state index in [-0.39, 0.29) is 5.91 Å². The van der Waals surface area contributed by atoms with E-state index < -0.39 is 0 Å². The van der Waals surface area contributed by atoms with Crippen molar-refractivity contribution in [2.75, 3.05) is 13.1 Å². The second kappa shape index (κ2) is 9.00. The lowest BCUT2D eigenvalue weighted by atomic mass is 10.1. The summed E-state index contributed by atoms with van der Waals surface area (Å²) < 4.78 is 0. The van der Waals surface area contributed by atoms with Gasteiger partial charge < -0.3 is 10.6 Å². The molecule has 1 amide bonds. The summed E-state index contributed by atoms with van der Waals surface area (Å²) in [4.78, 5) is 11.3. The molecule has 0 bridgehead atoms. The first-order valence-corrected chi connectivity index (χ1v) is 5.70. The van der Waals surface area contributed by atoms with Gasteiger partial charge in [0.05, 0.1) is 6.54 Å². The molecule has 0 radical (unpaired) electrons. The van der Waals surface area contributed by atoms with E-state index in [9.17, 15) is 4.79 Å². The summed E-state index contributed by atoms with van der Waals surface area (Å²) in [5.74, 6) is 0.107. The highest BCUT2D eigenvalue weighted by molar-refractivity contribution is 5.78. The molecule has 0 aromatic rings. The quantitative estimate of drug-likeness (QED) is 0.585. The van der Waals surface area contributed by atoms with Crippen molar-refractivity contribution in [2.45, 2.75) is 52.5 Å². The molecule has 0 aliphatic heterocycles. The fourth-order valence-corrected chi connectivity index (χ4v) is 1.34. The summed E-state index contributed by atoms with van der Waals surface area (Å²) in [6.07, 6.45) is 4.79. The Morgan fingerprint density at radius 2 is 2.00 bits per heavy atom. The Morgan fingerprint density at radius 3 is 2.57 bits per heavy atom. The van der Waals surface area contributed by atoms with Crippen LogP contribution >= 0.6 is 0 Å². The average molecular weight is 200 g/mol. The molecule has 0 rings (SSSR count). The lowest BCUT2D eigenvalue weighted by molar-refractivity contribution is -0.120. The first kappa shape index (κ1) is 13.4.